The van der Waals surface area contributed by atoms with E-state index in [1.165, 1.54) is 6.07 Å². The first-order valence-electron chi connectivity index (χ1n) is 7.52. The molecule has 1 rings (SSSR count). The Hall–Kier alpha value is -0.490. The van der Waals surface area contributed by atoms with E-state index >= 15 is 0 Å². The summed E-state index contributed by atoms with van der Waals surface area (Å²) in [4.78, 5) is 0. The zero-order valence-electron chi connectivity index (χ0n) is 13.0. The van der Waals surface area contributed by atoms with E-state index in [1.807, 2.05) is 19.9 Å². The highest BCUT2D eigenvalue weighted by atomic mass is 79.9. The quantitative estimate of drug-likeness (QED) is 0.641. The Morgan fingerprint density at radius 2 is 1.81 bits per heavy atom. The Labute approximate surface area is 135 Å². The van der Waals surface area contributed by atoms with Crippen LogP contribution in [-0.4, -0.2) is 32.1 Å². The van der Waals surface area contributed by atoms with Crippen molar-refractivity contribution in [1.29, 1.82) is 0 Å². The molecule has 1 aromatic carbocycles. The average molecular weight is 362 g/mol. The molecule has 0 amide bonds. The molecule has 0 saturated carbocycles. The molecule has 3 nitrogen and oxygen atoms in total. The summed E-state index contributed by atoms with van der Waals surface area (Å²) in [6, 6.07) is 4.94. The van der Waals surface area contributed by atoms with Crippen LogP contribution >= 0.6 is 15.9 Å². The highest BCUT2D eigenvalue weighted by molar-refractivity contribution is 9.10. The highest BCUT2D eigenvalue weighted by Gasteiger charge is 2.22. The van der Waals surface area contributed by atoms with E-state index < -0.39 is 0 Å². The summed E-state index contributed by atoms with van der Waals surface area (Å²) < 4.78 is 25.6. The van der Waals surface area contributed by atoms with Crippen molar-refractivity contribution >= 4 is 15.9 Å². The summed E-state index contributed by atoms with van der Waals surface area (Å²) in [5, 5.41) is 3.44. The Kier molecular flexibility index (Phi) is 9.08. The lowest BCUT2D eigenvalue weighted by molar-refractivity contribution is -0.153. The summed E-state index contributed by atoms with van der Waals surface area (Å²) in [5.74, 6) is -0.238. The normalized spacial score (nSPS) is 12.9. The van der Waals surface area contributed by atoms with E-state index in [0.29, 0.717) is 19.6 Å². The summed E-state index contributed by atoms with van der Waals surface area (Å²) >= 11 is 3.33. The molecule has 0 aliphatic carbocycles. The Morgan fingerprint density at radius 1 is 1.14 bits per heavy atom. The molecule has 0 aliphatic heterocycles. The van der Waals surface area contributed by atoms with E-state index in [1.54, 1.807) is 6.07 Å². The third-order valence-electron chi connectivity index (χ3n) is 3.02. The molecule has 1 N–H and O–H groups in total. The van der Waals surface area contributed by atoms with Crippen LogP contribution in [0.15, 0.2) is 22.7 Å². The largest absolute Gasteiger partial charge is 0.351 e. The third-order valence-corrected chi connectivity index (χ3v) is 3.48. The third kappa shape index (κ3) is 6.87. The molecule has 1 aromatic rings. The van der Waals surface area contributed by atoms with Crippen LogP contribution in [0.4, 0.5) is 4.39 Å². The Bertz CT molecular complexity index is 391. The molecular weight excluding hydrogens is 337 g/mol. The van der Waals surface area contributed by atoms with Crippen molar-refractivity contribution in [3.05, 3.63) is 34.1 Å². The second-order valence-electron chi connectivity index (χ2n) is 4.82. The second-order valence-corrected chi connectivity index (χ2v) is 5.74. The van der Waals surface area contributed by atoms with Gasteiger partial charge in [-0.15, -0.1) is 0 Å². The number of rotatable bonds is 10. The van der Waals surface area contributed by atoms with Crippen LogP contribution in [0.1, 0.15) is 32.8 Å². The molecular formula is C16H25BrFNO2. The lowest BCUT2D eigenvalue weighted by atomic mass is 10.0. The first kappa shape index (κ1) is 18.6. The maximum Gasteiger partial charge on any atom is 0.172 e. The van der Waals surface area contributed by atoms with Crippen molar-refractivity contribution in [2.75, 3.05) is 19.8 Å². The molecule has 0 saturated heterocycles. The van der Waals surface area contributed by atoms with Crippen LogP contribution in [0.25, 0.3) is 0 Å². The van der Waals surface area contributed by atoms with Gasteiger partial charge in [-0.3, -0.25) is 0 Å². The highest BCUT2D eigenvalue weighted by Crippen LogP contribution is 2.18. The van der Waals surface area contributed by atoms with Crippen molar-refractivity contribution in [2.45, 2.75) is 45.9 Å². The van der Waals surface area contributed by atoms with Crippen LogP contribution in [0.5, 0.6) is 0 Å². The van der Waals surface area contributed by atoms with Gasteiger partial charge in [0.2, 0.25) is 0 Å². The molecule has 5 heteroatoms. The van der Waals surface area contributed by atoms with Crippen molar-refractivity contribution in [2.24, 2.45) is 0 Å². The minimum Gasteiger partial charge on any atom is -0.351 e. The number of nitrogens with one attached hydrogen (secondary N) is 1. The molecule has 0 radical (unpaired) electrons. The van der Waals surface area contributed by atoms with Crippen LogP contribution in [0.2, 0.25) is 0 Å². The van der Waals surface area contributed by atoms with Gasteiger partial charge in [0.15, 0.2) is 6.29 Å². The molecule has 0 fully saturated rings. The molecule has 0 aromatic heterocycles. The van der Waals surface area contributed by atoms with Crippen LogP contribution in [0, 0.1) is 5.82 Å². The number of benzene rings is 1. The summed E-state index contributed by atoms with van der Waals surface area (Å²) in [6.45, 7) is 8.05. The molecule has 120 valence electrons. The zero-order chi connectivity index (χ0) is 15.7. The number of ether oxygens (including phenoxy) is 2. The fourth-order valence-electron chi connectivity index (χ4n) is 2.19. The topological polar surface area (TPSA) is 30.5 Å². The minimum atomic E-state index is -0.325. The monoisotopic (exact) mass is 361 g/mol. The predicted molar refractivity (Wildman–Crippen MR) is 86.9 cm³/mol. The Morgan fingerprint density at radius 3 is 2.33 bits per heavy atom. The van der Waals surface area contributed by atoms with Crippen LogP contribution < -0.4 is 5.32 Å². The lowest BCUT2D eigenvalue weighted by Crippen LogP contribution is -2.45. The molecule has 1 unspecified atom stereocenters. The van der Waals surface area contributed by atoms with Crippen LogP contribution in [-0.2, 0) is 15.9 Å². The van der Waals surface area contributed by atoms with Crippen molar-refractivity contribution in [3.63, 3.8) is 0 Å². The summed E-state index contributed by atoms with van der Waals surface area (Å²) in [5.41, 5.74) is 0.917. The van der Waals surface area contributed by atoms with Gasteiger partial charge >= 0.3 is 0 Å². The van der Waals surface area contributed by atoms with Gasteiger partial charge in [0.05, 0.1) is 6.04 Å². The fraction of sp³-hybridized carbons (Fsp3) is 0.625. The number of hydrogen-bond donors (Lipinski definition) is 1. The van der Waals surface area contributed by atoms with E-state index in [-0.39, 0.29) is 18.1 Å². The van der Waals surface area contributed by atoms with Crippen LogP contribution in [0.3, 0.4) is 0 Å². The first-order valence-corrected chi connectivity index (χ1v) is 8.31. The summed E-state index contributed by atoms with van der Waals surface area (Å²) in [6.07, 6.45) is 1.35. The van der Waals surface area contributed by atoms with E-state index in [4.69, 9.17) is 9.47 Å². The first-order chi connectivity index (χ1) is 10.1. The van der Waals surface area contributed by atoms with Gasteiger partial charge < -0.3 is 14.8 Å². The Balaban J connectivity index is 2.84. The predicted octanol–water partition coefficient (Wildman–Crippen LogP) is 3.90. The van der Waals surface area contributed by atoms with Crippen molar-refractivity contribution in [3.8, 4) is 0 Å². The molecule has 21 heavy (non-hydrogen) atoms. The minimum absolute atomic E-state index is 0.00134. The van der Waals surface area contributed by atoms with Crippen molar-refractivity contribution < 1.29 is 13.9 Å². The van der Waals surface area contributed by atoms with Gasteiger partial charge in [-0.25, -0.2) is 4.39 Å². The zero-order valence-corrected chi connectivity index (χ0v) is 14.6. The maximum absolute atomic E-state index is 13.5. The fourth-order valence-corrected chi connectivity index (χ4v) is 2.70. The lowest BCUT2D eigenvalue weighted by Gasteiger charge is -2.28. The van der Waals surface area contributed by atoms with Gasteiger partial charge in [0, 0.05) is 17.7 Å². The summed E-state index contributed by atoms with van der Waals surface area (Å²) in [7, 11) is 0. The van der Waals surface area contributed by atoms with Gasteiger partial charge in [-0.05, 0) is 57.0 Å². The van der Waals surface area contributed by atoms with Gasteiger partial charge in [-0.1, -0.05) is 22.9 Å². The van der Waals surface area contributed by atoms with E-state index in [9.17, 15) is 4.39 Å². The van der Waals surface area contributed by atoms with E-state index in [2.05, 4.69) is 28.2 Å². The molecule has 0 aliphatic rings. The molecule has 1 atom stereocenters. The van der Waals surface area contributed by atoms with Gasteiger partial charge in [0.25, 0.3) is 0 Å². The smallest absolute Gasteiger partial charge is 0.172 e. The number of halogens is 2. The maximum atomic E-state index is 13.5. The average Bonchev–Trinajstić information content (AvgIpc) is 2.42. The van der Waals surface area contributed by atoms with Gasteiger partial charge in [0.1, 0.15) is 5.82 Å². The molecule has 0 spiro atoms. The second kappa shape index (κ2) is 10.3. The SMILES string of the molecule is CCCNC(Cc1cc(F)cc(Br)c1)C(OCC)OCC. The molecule has 0 bridgehead atoms. The van der Waals surface area contributed by atoms with Crippen molar-refractivity contribution in [1.82, 2.24) is 5.32 Å². The standard InChI is InChI=1S/C16H25BrFNO2/c1-4-7-19-15(16(20-5-2)21-6-3)10-12-8-13(17)11-14(18)9-12/h8-9,11,15-16,19H,4-7,10H2,1-3H3. The number of hydrogen-bond acceptors (Lipinski definition) is 3. The van der Waals surface area contributed by atoms with E-state index in [0.717, 1.165) is 23.0 Å². The van der Waals surface area contributed by atoms with Gasteiger partial charge in [-0.2, -0.15) is 0 Å². The molecule has 0 heterocycles.